The molecule has 1 heterocycles. The number of hydrogen-bond donors (Lipinski definition) is 3. The number of nitrogens with one attached hydrogen (secondary N) is 3. The third-order valence-corrected chi connectivity index (χ3v) is 7.73. The van der Waals surface area contributed by atoms with Gasteiger partial charge in [0, 0.05) is 16.6 Å². The van der Waals surface area contributed by atoms with Gasteiger partial charge in [-0.3, -0.25) is 9.59 Å². The number of halogens is 2. The molecule has 0 bridgehead atoms. The van der Waals surface area contributed by atoms with E-state index in [1.54, 1.807) is 18.2 Å². The van der Waals surface area contributed by atoms with Gasteiger partial charge in [0.15, 0.2) is 0 Å². The maximum atomic E-state index is 13.4. The molecule has 0 spiro atoms. The first-order valence-electron chi connectivity index (χ1n) is 11.3. The molecule has 0 unspecified atom stereocenters. The molecule has 5 nitrogen and oxygen atoms in total. The average molecular weight is 478 g/mol. The van der Waals surface area contributed by atoms with E-state index in [1.807, 2.05) is 13.0 Å². The van der Waals surface area contributed by atoms with Crippen molar-refractivity contribution in [3.8, 4) is 0 Å². The first kappa shape index (κ1) is 23.1. The smallest absolute Gasteiger partial charge is 0.262 e. The molecule has 0 saturated heterocycles. The predicted octanol–water partition coefficient (Wildman–Crippen LogP) is 5.67. The van der Waals surface area contributed by atoms with E-state index in [0.717, 1.165) is 30.6 Å². The summed E-state index contributed by atoms with van der Waals surface area (Å²) in [6, 6.07) is 7.87. The summed E-state index contributed by atoms with van der Waals surface area (Å²) < 4.78 is 13.4. The second-order valence-electron chi connectivity index (χ2n) is 8.89. The summed E-state index contributed by atoms with van der Waals surface area (Å²) in [5.74, 6) is -0.242. The van der Waals surface area contributed by atoms with Gasteiger partial charge in [0.1, 0.15) is 11.9 Å². The van der Waals surface area contributed by atoms with Gasteiger partial charge in [0.25, 0.3) is 5.91 Å². The molecule has 2 saturated carbocycles. The van der Waals surface area contributed by atoms with Gasteiger partial charge in [0.2, 0.25) is 5.91 Å². The van der Waals surface area contributed by atoms with Crippen LogP contribution in [0.3, 0.4) is 0 Å². The molecular formula is C24H29ClFN3O2S. The highest BCUT2D eigenvalue weighted by atomic mass is 35.5. The Morgan fingerprint density at radius 3 is 2.59 bits per heavy atom. The van der Waals surface area contributed by atoms with E-state index in [-0.39, 0.29) is 28.9 Å². The lowest BCUT2D eigenvalue weighted by atomic mass is 9.97. The molecule has 2 atom stereocenters. The molecular weight excluding hydrogens is 449 g/mol. The van der Waals surface area contributed by atoms with Crippen molar-refractivity contribution in [2.24, 2.45) is 5.92 Å². The Bertz CT molecular complexity index is 972. The van der Waals surface area contributed by atoms with E-state index in [2.05, 4.69) is 16.0 Å². The zero-order valence-corrected chi connectivity index (χ0v) is 19.7. The van der Waals surface area contributed by atoms with Gasteiger partial charge in [-0.25, -0.2) is 4.39 Å². The van der Waals surface area contributed by atoms with Crippen molar-refractivity contribution in [3.05, 3.63) is 50.9 Å². The van der Waals surface area contributed by atoms with E-state index in [4.69, 9.17) is 11.6 Å². The Morgan fingerprint density at radius 2 is 1.91 bits per heavy atom. The van der Waals surface area contributed by atoms with E-state index < -0.39 is 11.9 Å². The summed E-state index contributed by atoms with van der Waals surface area (Å²) in [5.41, 5.74) is 0.705. The summed E-state index contributed by atoms with van der Waals surface area (Å²) in [5, 5.41) is 9.37. The third kappa shape index (κ3) is 6.01. The fraction of sp³-hybridized carbons (Fsp3) is 0.500. The molecule has 1 aromatic carbocycles. The standard InChI is InChI=1S/C24H29ClFN3O2S/c1-14(27-17-8-9-19(26)18(25)13-17)21-10-11-22(32-21)24(31)29-20(12-15-4-2-3-5-15)23(30)28-16-6-7-16/h8-11,13-16,20,27H,2-7,12H2,1H3,(H,28,30)(H,29,31)/t14-,20+/m1/s1. The van der Waals surface area contributed by atoms with Crippen molar-refractivity contribution in [2.45, 2.75) is 70.0 Å². The first-order valence-corrected chi connectivity index (χ1v) is 12.5. The molecule has 32 heavy (non-hydrogen) atoms. The number of benzene rings is 1. The highest BCUT2D eigenvalue weighted by molar-refractivity contribution is 7.14. The zero-order chi connectivity index (χ0) is 22.7. The van der Waals surface area contributed by atoms with E-state index in [0.29, 0.717) is 22.9 Å². The molecule has 3 N–H and O–H groups in total. The Hall–Kier alpha value is -2.12. The van der Waals surface area contributed by atoms with Gasteiger partial charge in [-0.1, -0.05) is 37.3 Å². The number of rotatable bonds is 9. The maximum Gasteiger partial charge on any atom is 0.262 e. The second-order valence-corrected chi connectivity index (χ2v) is 10.4. The predicted molar refractivity (Wildman–Crippen MR) is 127 cm³/mol. The van der Waals surface area contributed by atoms with E-state index in [1.165, 1.54) is 30.2 Å². The largest absolute Gasteiger partial charge is 0.378 e. The number of carbonyl (C=O) groups excluding carboxylic acids is 2. The van der Waals surface area contributed by atoms with Crippen LogP contribution >= 0.6 is 22.9 Å². The molecule has 2 aliphatic carbocycles. The number of amides is 2. The molecule has 2 aromatic rings. The van der Waals surface area contributed by atoms with Crippen molar-refractivity contribution < 1.29 is 14.0 Å². The third-order valence-electron chi connectivity index (χ3n) is 6.17. The molecule has 2 amide bonds. The molecule has 172 valence electrons. The molecule has 2 fully saturated rings. The van der Waals surface area contributed by atoms with Crippen LogP contribution in [0.2, 0.25) is 5.02 Å². The Morgan fingerprint density at radius 1 is 1.16 bits per heavy atom. The van der Waals surface area contributed by atoms with E-state index >= 15 is 0 Å². The van der Waals surface area contributed by atoms with Crippen LogP contribution in [0.5, 0.6) is 0 Å². The van der Waals surface area contributed by atoms with Gasteiger partial charge in [-0.15, -0.1) is 11.3 Å². The first-order chi connectivity index (χ1) is 15.4. The minimum Gasteiger partial charge on any atom is -0.378 e. The second kappa shape index (κ2) is 10.2. The number of thiophene rings is 1. The van der Waals surface area contributed by atoms with Gasteiger partial charge >= 0.3 is 0 Å². The summed E-state index contributed by atoms with van der Waals surface area (Å²) in [6.45, 7) is 1.97. The molecule has 0 aliphatic heterocycles. The number of anilines is 1. The molecule has 4 rings (SSSR count). The summed E-state index contributed by atoms with van der Waals surface area (Å²) >= 11 is 7.25. The van der Waals surface area contributed by atoms with Crippen molar-refractivity contribution in [2.75, 3.05) is 5.32 Å². The van der Waals surface area contributed by atoms with Gasteiger partial charge in [-0.05, 0) is 62.4 Å². The molecule has 2 aliphatic rings. The van der Waals surface area contributed by atoms with Crippen molar-refractivity contribution in [1.82, 2.24) is 10.6 Å². The van der Waals surface area contributed by atoms with Crippen LogP contribution in [0.25, 0.3) is 0 Å². The van der Waals surface area contributed by atoms with Gasteiger partial charge in [0.05, 0.1) is 15.9 Å². The fourth-order valence-corrected chi connectivity index (χ4v) is 5.28. The van der Waals surface area contributed by atoms with Crippen LogP contribution < -0.4 is 16.0 Å². The SMILES string of the molecule is C[C@@H](Nc1ccc(F)c(Cl)c1)c1ccc(C(=O)N[C@@H](CC2CCCC2)C(=O)NC2CC2)s1. The lowest BCUT2D eigenvalue weighted by Gasteiger charge is -2.21. The normalized spacial score (nSPS) is 18.2. The van der Waals surface area contributed by atoms with Gasteiger partial charge in [-0.2, -0.15) is 0 Å². The van der Waals surface area contributed by atoms with Crippen molar-refractivity contribution in [3.63, 3.8) is 0 Å². The monoisotopic (exact) mass is 477 g/mol. The van der Waals surface area contributed by atoms with Crippen LogP contribution in [-0.4, -0.2) is 23.9 Å². The van der Waals surface area contributed by atoms with Crippen LogP contribution in [0.15, 0.2) is 30.3 Å². The van der Waals surface area contributed by atoms with E-state index in [9.17, 15) is 14.0 Å². The highest BCUT2D eigenvalue weighted by Crippen LogP contribution is 2.30. The topological polar surface area (TPSA) is 70.2 Å². The minimum atomic E-state index is -0.492. The van der Waals surface area contributed by atoms with Crippen molar-refractivity contribution in [1.29, 1.82) is 0 Å². The van der Waals surface area contributed by atoms with Crippen LogP contribution in [0.4, 0.5) is 10.1 Å². The molecule has 1 aromatic heterocycles. The van der Waals surface area contributed by atoms with Crippen LogP contribution in [0, 0.1) is 11.7 Å². The Balaban J connectivity index is 1.39. The molecule has 0 radical (unpaired) electrons. The number of hydrogen-bond acceptors (Lipinski definition) is 4. The van der Waals surface area contributed by atoms with Gasteiger partial charge < -0.3 is 16.0 Å². The lowest BCUT2D eigenvalue weighted by Crippen LogP contribution is -2.48. The Labute approximate surface area is 197 Å². The minimum absolute atomic E-state index is 0.0613. The average Bonchev–Trinajstić information content (AvgIpc) is 3.22. The fourth-order valence-electron chi connectivity index (χ4n) is 4.18. The quantitative estimate of drug-likeness (QED) is 0.435. The van der Waals surface area contributed by atoms with Crippen LogP contribution in [0.1, 0.15) is 72.5 Å². The summed E-state index contributed by atoms with van der Waals surface area (Å²) in [6.07, 6.45) is 7.40. The molecule has 8 heteroatoms. The number of carbonyl (C=O) groups is 2. The lowest BCUT2D eigenvalue weighted by molar-refractivity contribution is -0.123. The van der Waals surface area contributed by atoms with Crippen LogP contribution in [-0.2, 0) is 4.79 Å². The zero-order valence-electron chi connectivity index (χ0n) is 18.1. The maximum absolute atomic E-state index is 13.4. The van der Waals surface area contributed by atoms with Crippen molar-refractivity contribution >= 4 is 40.4 Å². The Kier molecular flexibility index (Phi) is 7.36. The summed E-state index contributed by atoms with van der Waals surface area (Å²) in [7, 11) is 0. The highest BCUT2D eigenvalue weighted by Gasteiger charge is 2.31. The summed E-state index contributed by atoms with van der Waals surface area (Å²) in [4.78, 5) is 27.2.